The number of aryl methyl sites for hydroxylation is 2. The van der Waals surface area contributed by atoms with Gasteiger partial charge in [0.1, 0.15) is 21.4 Å². The molecule has 202 valence electrons. The van der Waals surface area contributed by atoms with Crippen molar-refractivity contribution in [3.05, 3.63) is 103 Å². The fourth-order valence-electron chi connectivity index (χ4n) is 4.90. The van der Waals surface area contributed by atoms with Gasteiger partial charge in [-0.2, -0.15) is 0 Å². The van der Waals surface area contributed by atoms with Gasteiger partial charge in [-0.05, 0) is 73.1 Å². The van der Waals surface area contributed by atoms with Crippen molar-refractivity contribution in [2.24, 2.45) is 0 Å². The Morgan fingerprint density at radius 1 is 1.00 bits per heavy atom. The molecule has 1 saturated carbocycles. The van der Waals surface area contributed by atoms with Gasteiger partial charge in [-0.1, -0.05) is 23.2 Å². The normalized spacial score (nSPS) is 16.9. The lowest BCUT2D eigenvalue weighted by atomic mass is 10.0. The summed E-state index contributed by atoms with van der Waals surface area (Å²) in [6.45, 7) is 3.13. The van der Waals surface area contributed by atoms with Gasteiger partial charge in [-0.15, -0.1) is 0 Å². The quantitative estimate of drug-likeness (QED) is 0.271. The van der Waals surface area contributed by atoms with Crippen molar-refractivity contribution in [3.63, 3.8) is 0 Å². The maximum atomic E-state index is 16.0. The molecule has 12 heteroatoms. The second-order valence-corrected chi connectivity index (χ2v) is 12.3. The molecule has 3 aromatic heterocycles. The predicted molar refractivity (Wildman–Crippen MR) is 142 cm³/mol. The minimum absolute atomic E-state index is 0.0664. The summed E-state index contributed by atoms with van der Waals surface area (Å²) in [5, 5.41) is -0.472. The van der Waals surface area contributed by atoms with Gasteiger partial charge in [0.2, 0.25) is 0 Å². The molecule has 0 N–H and O–H groups in total. The molecule has 1 aliphatic carbocycles. The fourth-order valence-corrected chi connectivity index (χ4v) is 6.61. The van der Waals surface area contributed by atoms with E-state index in [1.165, 1.54) is 19.2 Å². The Labute approximate surface area is 232 Å². The molecule has 1 aromatic carbocycles. The van der Waals surface area contributed by atoms with E-state index in [0.717, 1.165) is 29.2 Å². The van der Waals surface area contributed by atoms with Crippen LogP contribution < -0.4 is 5.56 Å². The SMILES string of the molecule is Cc1cnc(-c2ccc(Cl)c(S(C)(=O)=O)c2F)c(F)c1-n1c(C)cc([C@H]2C[C@@H]2c2cncc(F)c2)c(Cl)c1=O. The Kier molecular flexibility index (Phi) is 6.85. The number of rotatable bonds is 5. The first-order chi connectivity index (χ1) is 18.3. The number of hydrogen-bond acceptors (Lipinski definition) is 5. The molecule has 0 spiro atoms. The van der Waals surface area contributed by atoms with Crippen LogP contribution in [-0.4, -0.2) is 29.2 Å². The van der Waals surface area contributed by atoms with Gasteiger partial charge in [0.15, 0.2) is 21.5 Å². The van der Waals surface area contributed by atoms with Crippen molar-refractivity contribution in [1.82, 2.24) is 14.5 Å². The summed E-state index contributed by atoms with van der Waals surface area (Å²) in [5.74, 6) is -2.96. The van der Waals surface area contributed by atoms with Crippen molar-refractivity contribution < 1.29 is 21.6 Å². The van der Waals surface area contributed by atoms with E-state index in [9.17, 15) is 17.6 Å². The van der Waals surface area contributed by atoms with Crippen molar-refractivity contribution in [2.75, 3.05) is 6.26 Å². The summed E-state index contributed by atoms with van der Waals surface area (Å²) in [7, 11) is -4.09. The summed E-state index contributed by atoms with van der Waals surface area (Å²) < 4.78 is 70.3. The number of sulfone groups is 1. The smallest absolute Gasteiger partial charge is 0.274 e. The van der Waals surface area contributed by atoms with E-state index in [1.54, 1.807) is 19.2 Å². The van der Waals surface area contributed by atoms with Crippen LogP contribution in [-0.2, 0) is 9.84 Å². The van der Waals surface area contributed by atoms with Crippen molar-refractivity contribution in [2.45, 2.75) is 37.0 Å². The van der Waals surface area contributed by atoms with Crippen molar-refractivity contribution >= 4 is 33.0 Å². The molecule has 4 aromatic rings. The highest BCUT2D eigenvalue weighted by atomic mass is 35.5. The number of pyridine rings is 3. The van der Waals surface area contributed by atoms with Crippen LogP contribution in [0.1, 0.15) is 40.6 Å². The summed E-state index contributed by atoms with van der Waals surface area (Å²) in [5.41, 5.74) is 0.0392. The van der Waals surface area contributed by atoms with E-state index in [1.807, 2.05) is 0 Å². The zero-order chi connectivity index (χ0) is 28.4. The summed E-state index contributed by atoms with van der Waals surface area (Å²) in [4.78, 5) is 20.6. The number of hydrogen-bond donors (Lipinski definition) is 0. The van der Waals surface area contributed by atoms with Crippen LogP contribution in [0.4, 0.5) is 13.2 Å². The van der Waals surface area contributed by atoms with E-state index < -0.39 is 49.0 Å². The second-order valence-electron chi connectivity index (χ2n) is 9.54. The van der Waals surface area contributed by atoms with Gasteiger partial charge in [0.25, 0.3) is 5.56 Å². The molecule has 39 heavy (non-hydrogen) atoms. The van der Waals surface area contributed by atoms with Crippen LogP contribution in [0.2, 0.25) is 10.0 Å². The minimum Gasteiger partial charge on any atom is -0.277 e. The van der Waals surface area contributed by atoms with Gasteiger partial charge in [0, 0.05) is 29.9 Å². The Hall–Kier alpha value is -3.21. The minimum atomic E-state index is -4.09. The van der Waals surface area contributed by atoms with Crippen molar-refractivity contribution in [3.8, 4) is 16.9 Å². The lowest BCUT2D eigenvalue weighted by Gasteiger charge is -2.18. The zero-order valence-corrected chi connectivity index (χ0v) is 23.1. The van der Waals surface area contributed by atoms with Crippen molar-refractivity contribution in [1.29, 1.82) is 0 Å². The lowest BCUT2D eigenvalue weighted by Crippen LogP contribution is -2.24. The van der Waals surface area contributed by atoms with E-state index >= 15 is 8.78 Å². The molecule has 1 fully saturated rings. The highest BCUT2D eigenvalue weighted by molar-refractivity contribution is 7.90. The molecule has 0 bridgehead atoms. The predicted octanol–water partition coefficient (Wildman–Crippen LogP) is 6.31. The van der Waals surface area contributed by atoms with Crippen LogP contribution >= 0.6 is 23.2 Å². The monoisotopic (exact) mass is 593 g/mol. The van der Waals surface area contributed by atoms with Gasteiger partial charge < -0.3 is 0 Å². The molecule has 3 heterocycles. The number of aromatic nitrogens is 3. The average molecular weight is 594 g/mol. The Morgan fingerprint density at radius 3 is 2.38 bits per heavy atom. The molecule has 0 radical (unpaired) electrons. The largest absolute Gasteiger partial charge is 0.277 e. The molecule has 0 unspecified atom stereocenters. The highest BCUT2D eigenvalue weighted by Crippen LogP contribution is 2.55. The molecule has 0 saturated heterocycles. The molecule has 5 rings (SSSR count). The van der Waals surface area contributed by atoms with Crippen LogP contribution in [0.15, 0.2) is 52.5 Å². The van der Waals surface area contributed by atoms with E-state index in [2.05, 4.69) is 9.97 Å². The van der Waals surface area contributed by atoms with E-state index in [4.69, 9.17) is 23.2 Å². The number of nitrogens with zero attached hydrogens (tertiary/aromatic N) is 3. The third-order valence-corrected chi connectivity index (χ3v) is 8.73. The Balaban J connectivity index is 1.63. The second kappa shape index (κ2) is 9.76. The molecule has 2 atom stereocenters. The first-order valence-corrected chi connectivity index (χ1v) is 14.3. The number of halogens is 5. The first-order valence-electron chi connectivity index (χ1n) is 11.7. The third-order valence-electron chi connectivity index (χ3n) is 6.78. The Morgan fingerprint density at radius 2 is 1.72 bits per heavy atom. The van der Waals surface area contributed by atoms with Crippen LogP contribution in [0, 0.1) is 31.3 Å². The molecule has 0 amide bonds. The topological polar surface area (TPSA) is 81.9 Å². The lowest BCUT2D eigenvalue weighted by molar-refractivity contribution is 0.569. The fraction of sp³-hybridized carbons (Fsp3) is 0.222. The summed E-state index contributed by atoms with van der Waals surface area (Å²) in [6.07, 6.45) is 5.35. The van der Waals surface area contributed by atoms with Crippen LogP contribution in [0.5, 0.6) is 0 Å². The zero-order valence-electron chi connectivity index (χ0n) is 20.8. The maximum Gasteiger partial charge on any atom is 0.274 e. The van der Waals surface area contributed by atoms with Gasteiger partial charge in [0.05, 0.1) is 16.9 Å². The average Bonchev–Trinajstić information content (AvgIpc) is 3.64. The van der Waals surface area contributed by atoms with E-state index in [-0.39, 0.29) is 33.1 Å². The van der Waals surface area contributed by atoms with Gasteiger partial charge >= 0.3 is 0 Å². The summed E-state index contributed by atoms with van der Waals surface area (Å²) in [6, 6.07) is 5.32. The maximum absolute atomic E-state index is 16.0. The van der Waals surface area contributed by atoms with Crippen LogP contribution in [0.3, 0.4) is 0 Å². The third kappa shape index (κ3) is 4.74. The van der Waals surface area contributed by atoms with E-state index in [0.29, 0.717) is 23.2 Å². The molecule has 1 aliphatic rings. The molecule has 6 nitrogen and oxygen atoms in total. The molecular weight excluding hydrogens is 574 g/mol. The number of benzene rings is 1. The standard InChI is InChI=1S/C27H20Cl2F3N3O3S/c1-12-9-34-24(16-4-5-20(28)26(22(16)31)39(3,37)38)23(32)25(12)35-13(2)6-19(21(29)27(35)36)18-8-17(18)14-7-15(30)11-33-10-14/h4-7,9-11,17-18H,8H2,1-3H3/t17-,18+/m1/s1. The Bertz CT molecular complexity index is 1840. The summed E-state index contributed by atoms with van der Waals surface area (Å²) >= 11 is 12.4. The highest BCUT2D eigenvalue weighted by Gasteiger charge is 2.42. The first kappa shape index (κ1) is 27.4. The molecule has 0 aliphatic heterocycles. The molecular formula is C27H20Cl2F3N3O3S. The van der Waals surface area contributed by atoms with Crippen LogP contribution in [0.25, 0.3) is 16.9 Å². The van der Waals surface area contributed by atoms with Gasteiger partial charge in [-0.3, -0.25) is 19.3 Å². The van der Waals surface area contributed by atoms with Gasteiger partial charge in [-0.25, -0.2) is 21.6 Å².